The molecule has 0 aliphatic rings. The van der Waals surface area contributed by atoms with Crippen LogP contribution in [0.25, 0.3) is 0 Å². The Morgan fingerprint density at radius 1 is 0.969 bits per heavy atom. The Hall–Kier alpha value is -3.42. The highest BCUT2D eigenvalue weighted by atomic mass is 35.5. The van der Waals surface area contributed by atoms with Crippen LogP contribution in [0.1, 0.15) is 29.3 Å². The van der Waals surface area contributed by atoms with E-state index in [1.165, 1.54) is 0 Å². The fourth-order valence-electron chi connectivity index (χ4n) is 2.75. The number of rotatable bonds is 7. The van der Waals surface area contributed by atoms with Crippen molar-refractivity contribution < 1.29 is 14.3 Å². The first kappa shape index (κ1) is 23.2. The van der Waals surface area contributed by atoms with Crippen molar-refractivity contribution in [1.82, 2.24) is 5.32 Å². The maximum absolute atomic E-state index is 12.6. The van der Waals surface area contributed by atoms with Crippen molar-refractivity contribution in [2.45, 2.75) is 20.0 Å². The van der Waals surface area contributed by atoms with Gasteiger partial charge in [0.2, 0.25) is 5.91 Å². The average molecular weight is 468 g/mol. The smallest absolute Gasteiger partial charge is 0.257 e. The van der Waals surface area contributed by atoms with Crippen molar-refractivity contribution in [2.75, 3.05) is 10.6 Å². The van der Waals surface area contributed by atoms with Gasteiger partial charge in [0.25, 0.3) is 5.91 Å². The maximum atomic E-state index is 12.6. The van der Waals surface area contributed by atoms with Gasteiger partial charge in [0.05, 0.1) is 10.7 Å². The molecule has 164 valence electrons. The van der Waals surface area contributed by atoms with E-state index in [4.69, 9.17) is 28.6 Å². The van der Waals surface area contributed by atoms with E-state index >= 15 is 0 Å². The molecule has 0 aliphatic carbocycles. The second-order valence-electron chi connectivity index (χ2n) is 6.81. The summed E-state index contributed by atoms with van der Waals surface area (Å²) in [6.45, 7) is 2.16. The van der Waals surface area contributed by atoms with E-state index in [0.717, 1.165) is 5.56 Å². The van der Waals surface area contributed by atoms with Crippen molar-refractivity contribution >= 4 is 52.1 Å². The third kappa shape index (κ3) is 6.80. The van der Waals surface area contributed by atoms with Crippen molar-refractivity contribution in [2.24, 2.45) is 0 Å². The van der Waals surface area contributed by atoms with E-state index in [0.29, 0.717) is 40.7 Å². The average Bonchev–Trinajstić information content (AvgIpc) is 2.80. The van der Waals surface area contributed by atoms with Gasteiger partial charge in [0, 0.05) is 17.7 Å². The summed E-state index contributed by atoms with van der Waals surface area (Å²) < 4.78 is 5.77. The predicted molar refractivity (Wildman–Crippen MR) is 131 cm³/mol. The molecule has 0 heterocycles. The quantitative estimate of drug-likeness (QED) is 0.406. The van der Waals surface area contributed by atoms with Gasteiger partial charge in [-0.25, -0.2) is 0 Å². The molecule has 3 rings (SSSR count). The van der Waals surface area contributed by atoms with Crippen LogP contribution >= 0.6 is 23.8 Å². The summed E-state index contributed by atoms with van der Waals surface area (Å²) in [5, 5.41) is 8.73. The van der Waals surface area contributed by atoms with Crippen LogP contribution in [-0.2, 0) is 11.4 Å². The third-order valence-corrected chi connectivity index (χ3v) is 4.92. The van der Waals surface area contributed by atoms with Gasteiger partial charge in [0.1, 0.15) is 12.4 Å². The summed E-state index contributed by atoms with van der Waals surface area (Å²) in [7, 11) is 0. The van der Waals surface area contributed by atoms with E-state index in [2.05, 4.69) is 16.0 Å². The van der Waals surface area contributed by atoms with E-state index in [-0.39, 0.29) is 16.9 Å². The summed E-state index contributed by atoms with van der Waals surface area (Å²) in [6.07, 6.45) is 0.355. The summed E-state index contributed by atoms with van der Waals surface area (Å²) >= 11 is 11.5. The largest absolute Gasteiger partial charge is 0.489 e. The SMILES string of the molecule is CCC(=O)Nc1ccc(Cl)c(NC(=S)NC(=O)c2cccc(OCc3ccccc3)c2)c1. The lowest BCUT2D eigenvalue weighted by molar-refractivity contribution is -0.115. The van der Waals surface area contributed by atoms with Crippen LogP contribution in [0.2, 0.25) is 5.02 Å². The number of anilines is 2. The van der Waals surface area contributed by atoms with Crippen LogP contribution in [0, 0.1) is 0 Å². The third-order valence-electron chi connectivity index (χ3n) is 4.39. The minimum atomic E-state index is -0.390. The minimum absolute atomic E-state index is 0.0754. The lowest BCUT2D eigenvalue weighted by Gasteiger charge is -2.13. The first-order valence-corrected chi connectivity index (χ1v) is 10.7. The second-order valence-corrected chi connectivity index (χ2v) is 7.62. The van der Waals surface area contributed by atoms with E-state index in [9.17, 15) is 9.59 Å². The molecule has 0 radical (unpaired) electrons. The zero-order valence-corrected chi connectivity index (χ0v) is 18.9. The summed E-state index contributed by atoms with van der Waals surface area (Å²) in [4.78, 5) is 24.2. The fraction of sp³-hybridized carbons (Fsp3) is 0.125. The van der Waals surface area contributed by atoms with Gasteiger partial charge in [-0.3, -0.25) is 14.9 Å². The molecule has 2 amide bonds. The molecule has 0 saturated carbocycles. The Labute approximate surface area is 196 Å². The van der Waals surface area contributed by atoms with Crippen LogP contribution < -0.4 is 20.7 Å². The molecule has 0 unspecified atom stereocenters. The number of halogens is 1. The molecule has 0 aromatic heterocycles. The van der Waals surface area contributed by atoms with E-state index < -0.39 is 0 Å². The van der Waals surface area contributed by atoms with E-state index in [1.54, 1.807) is 49.4 Å². The molecule has 0 bridgehead atoms. The lowest BCUT2D eigenvalue weighted by atomic mass is 10.2. The number of carbonyl (C=O) groups excluding carboxylic acids is 2. The topological polar surface area (TPSA) is 79.5 Å². The Morgan fingerprint density at radius 3 is 2.50 bits per heavy atom. The lowest BCUT2D eigenvalue weighted by Crippen LogP contribution is -2.34. The Balaban J connectivity index is 1.60. The van der Waals surface area contributed by atoms with Crippen LogP contribution in [0.3, 0.4) is 0 Å². The fourth-order valence-corrected chi connectivity index (χ4v) is 3.11. The molecular formula is C24H22ClN3O3S. The molecule has 3 aromatic rings. The number of ether oxygens (including phenoxy) is 1. The highest BCUT2D eigenvalue weighted by molar-refractivity contribution is 7.80. The van der Waals surface area contributed by atoms with Crippen LogP contribution in [0.5, 0.6) is 5.75 Å². The van der Waals surface area contributed by atoms with Gasteiger partial charge in [-0.2, -0.15) is 0 Å². The number of hydrogen-bond acceptors (Lipinski definition) is 4. The molecule has 8 heteroatoms. The zero-order valence-electron chi connectivity index (χ0n) is 17.4. The van der Waals surface area contributed by atoms with Crippen molar-refractivity contribution in [3.05, 3.63) is 88.9 Å². The number of thiocarbonyl (C=S) groups is 1. The van der Waals surface area contributed by atoms with Crippen molar-refractivity contribution in [3.63, 3.8) is 0 Å². The van der Waals surface area contributed by atoms with Crippen LogP contribution in [0.15, 0.2) is 72.8 Å². The van der Waals surface area contributed by atoms with Gasteiger partial charge < -0.3 is 15.4 Å². The molecule has 0 atom stereocenters. The zero-order chi connectivity index (χ0) is 22.9. The number of benzene rings is 3. The second kappa shape index (κ2) is 11.3. The minimum Gasteiger partial charge on any atom is -0.489 e. The number of amides is 2. The standard InChI is InChI=1S/C24H22ClN3O3S/c1-2-22(29)26-18-11-12-20(25)21(14-18)27-24(32)28-23(30)17-9-6-10-19(13-17)31-15-16-7-4-3-5-8-16/h3-14H,2,15H2,1H3,(H,26,29)(H2,27,28,30,32). The molecule has 32 heavy (non-hydrogen) atoms. The number of nitrogens with one attached hydrogen (secondary N) is 3. The molecule has 6 nitrogen and oxygen atoms in total. The number of hydrogen-bond donors (Lipinski definition) is 3. The van der Waals surface area contributed by atoms with Gasteiger partial charge in [-0.05, 0) is 54.2 Å². The predicted octanol–water partition coefficient (Wildman–Crippen LogP) is 5.39. The van der Waals surface area contributed by atoms with Gasteiger partial charge in [0.15, 0.2) is 5.11 Å². The molecule has 3 aromatic carbocycles. The van der Waals surface area contributed by atoms with Crippen LogP contribution in [-0.4, -0.2) is 16.9 Å². The summed E-state index contributed by atoms with van der Waals surface area (Å²) in [5.74, 6) is 0.0607. The van der Waals surface area contributed by atoms with Crippen LogP contribution in [0.4, 0.5) is 11.4 Å². The van der Waals surface area contributed by atoms with Crippen molar-refractivity contribution in [3.8, 4) is 5.75 Å². The summed E-state index contributed by atoms with van der Waals surface area (Å²) in [6, 6.07) is 21.6. The Kier molecular flexibility index (Phi) is 8.19. The van der Waals surface area contributed by atoms with Gasteiger partial charge in [-0.1, -0.05) is 54.9 Å². The van der Waals surface area contributed by atoms with E-state index in [1.807, 2.05) is 30.3 Å². The first-order chi connectivity index (χ1) is 15.4. The normalized spacial score (nSPS) is 10.2. The Morgan fingerprint density at radius 2 is 1.75 bits per heavy atom. The summed E-state index contributed by atoms with van der Waals surface area (Å²) in [5.41, 5.74) is 2.46. The number of carbonyl (C=O) groups is 2. The monoisotopic (exact) mass is 467 g/mol. The van der Waals surface area contributed by atoms with Gasteiger partial charge in [-0.15, -0.1) is 0 Å². The molecule has 0 aliphatic heterocycles. The molecule has 0 saturated heterocycles. The maximum Gasteiger partial charge on any atom is 0.257 e. The Bertz CT molecular complexity index is 1120. The highest BCUT2D eigenvalue weighted by Gasteiger charge is 2.11. The van der Waals surface area contributed by atoms with Gasteiger partial charge >= 0.3 is 0 Å². The van der Waals surface area contributed by atoms with Crippen molar-refractivity contribution in [1.29, 1.82) is 0 Å². The molecule has 3 N–H and O–H groups in total. The molecule has 0 spiro atoms. The highest BCUT2D eigenvalue weighted by Crippen LogP contribution is 2.25. The molecule has 0 fully saturated rings. The first-order valence-electron chi connectivity index (χ1n) is 9.93. The molecular weight excluding hydrogens is 446 g/mol.